The van der Waals surface area contributed by atoms with Crippen LogP contribution < -0.4 is 5.69 Å². The van der Waals surface area contributed by atoms with Crippen molar-refractivity contribution in [3.63, 3.8) is 0 Å². The molecule has 4 rings (SSSR count). The van der Waals surface area contributed by atoms with Gasteiger partial charge >= 0.3 is 5.69 Å². The molecule has 0 bridgehead atoms. The summed E-state index contributed by atoms with van der Waals surface area (Å²) in [6.07, 6.45) is 0. The highest BCUT2D eigenvalue weighted by atomic mass is 16.1. The highest BCUT2D eigenvalue weighted by Crippen LogP contribution is 2.20. The number of aromatic amines is 1. The number of rotatable bonds is 2. The number of benzene rings is 2. The SMILES string of the molecule is O=C(c1ccccc1)c1n[nH]n2c(=O)nc3ccccc3c12. The first kappa shape index (κ1) is 12.5. The van der Waals surface area contributed by atoms with Crippen molar-refractivity contribution in [3.05, 3.63) is 76.3 Å². The summed E-state index contributed by atoms with van der Waals surface area (Å²) in [4.78, 5) is 28.7. The van der Waals surface area contributed by atoms with Gasteiger partial charge in [0.2, 0.25) is 5.78 Å². The van der Waals surface area contributed by atoms with Crippen molar-refractivity contribution in [1.82, 2.24) is 19.8 Å². The molecule has 22 heavy (non-hydrogen) atoms. The lowest BCUT2D eigenvalue weighted by atomic mass is 10.1. The van der Waals surface area contributed by atoms with Gasteiger partial charge in [-0.05, 0) is 6.07 Å². The van der Waals surface area contributed by atoms with E-state index in [0.29, 0.717) is 22.0 Å². The topological polar surface area (TPSA) is 80.1 Å². The standard InChI is InChI=1S/C16H10N4O2/c21-15(10-6-2-1-3-7-10)13-14-11-8-4-5-9-12(11)17-16(22)20(14)19-18-13/h1-9,19H. The predicted octanol–water partition coefficient (Wildman–Crippen LogP) is 1.80. The van der Waals surface area contributed by atoms with Crippen LogP contribution in [0.5, 0.6) is 0 Å². The van der Waals surface area contributed by atoms with Gasteiger partial charge in [0, 0.05) is 10.9 Å². The number of carbonyl (C=O) groups is 1. The lowest BCUT2D eigenvalue weighted by Crippen LogP contribution is -2.17. The van der Waals surface area contributed by atoms with Crippen molar-refractivity contribution >= 4 is 22.2 Å². The van der Waals surface area contributed by atoms with Gasteiger partial charge in [0.25, 0.3) is 0 Å². The minimum Gasteiger partial charge on any atom is -0.287 e. The van der Waals surface area contributed by atoms with Gasteiger partial charge < -0.3 is 0 Å². The third-order valence-electron chi connectivity index (χ3n) is 3.53. The van der Waals surface area contributed by atoms with E-state index in [1.165, 1.54) is 4.52 Å². The molecule has 106 valence electrons. The smallest absolute Gasteiger partial charge is 0.287 e. The number of H-pyrrole nitrogens is 1. The van der Waals surface area contributed by atoms with Crippen molar-refractivity contribution in [2.45, 2.75) is 0 Å². The summed E-state index contributed by atoms with van der Waals surface area (Å²) < 4.78 is 1.19. The predicted molar refractivity (Wildman–Crippen MR) is 81.0 cm³/mol. The number of carbonyl (C=O) groups excluding carboxylic acids is 1. The molecule has 6 nitrogen and oxygen atoms in total. The average Bonchev–Trinajstić information content (AvgIpc) is 3.01. The van der Waals surface area contributed by atoms with E-state index in [4.69, 9.17) is 0 Å². The number of ketones is 1. The maximum Gasteiger partial charge on any atom is 0.368 e. The molecule has 0 aliphatic heterocycles. The lowest BCUT2D eigenvalue weighted by molar-refractivity contribution is 0.103. The van der Waals surface area contributed by atoms with Crippen LogP contribution in [-0.2, 0) is 0 Å². The second-order valence-corrected chi connectivity index (χ2v) is 4.85. The summed E-state index contributed by atoms with van der Waals surface area (Å²) in [5.41, 5.74) is 1.22. The van der Waals surface area contributed by atoms with E-state index in [0.717, 1.165) is 0 Å². The van der Waals surface area contributed by atoms with E-state index in [1.54, 1.807) is 36.4 Å². The number of aromatic nitrogens is 4. The van der Waals surface area contributed by atoms with E-state index in [-0.39, 0.29) is 11.5 Å². The van der Waals surface area contributed by atoms with Crippen LogP contribution in [0.4, 0.5) is 0 Å². The van der Waals surface area contributed by atoms with Gasteiger partial charge in [-0.1, -0.05) is 48.5 Å². The van der Waals surface area contributed by atoms with E-state index >= 15 is 0 Å². The second kappa shape index (κ2) is 4.63. The van der Waals surface area contributed by atoms with Crippen molar-refractivity contribution in [2.75, 3.05) is 0 Å². The first-order valence-corrected chi connectivity index (χ1v) is 6.71. The van der Waals surface area contributed by atoms with Gasteiger partial charge in [0.15, 0.2) is 5.69 Å². The van der Waals surface area contributed by atoms with Gasteiger partial charge in [-0.15, -0.1) is 0 Å². The molecule has 2 heterocycles. The van der Waals surface area contributed by atoms with E-state index in [1.807, 2.05) is 18.2 Å². The van der Waals surface area contributed by atoms with E-state index in [2.05, 4.69) is 15.3 Å². The number of nitrogens with one attached hydrogen (secondary N) is 1. The lowest BCUT2D eigenvalue weighted by Gasteiger charge is -2.01. The van der Waals surface area contributed by atoms with Crippen LogP contribution in [0.25, 0.3) is 16.4 Å². The number of fused-ring (bicyclic) bond motifs is 3. The van der Waals surface area contributed by atoms with Gasteiger partial charge in [-0.2, -0.15) is 14.6 Å². The molecule has 2 aromatic carbocycles. The zero-order valence-electron chi connectivity index (χ0n) is 11.4. The zero-order chi connectivity index (χ0) is 15.1. The Morgan fingerprint density at radius 2 is 1.73 bits per heavy atom. The summed E-state index contributed by atoms with van der Waals surface area (Å²) in [6, 6.07) is 16.0. The zero-order valence-corrected chi connectivity index (χ0v) is 11.4. The maximum absolute atomic E-state index is 12.7. The van der Waals surface area contributed by atoms with Crippen LogP contribution in [-0.4, -0.2) is 25.6 Å². The fraction of sp³-hybridized carbons (Fsp3) is 0. The van der Waals surface area contributed by atoms with Crippen LogP contribution in [0.15, 0.2) is 59.4 Å². The Morgan fingerprint density at radius 1 is 1.00 bits per heavy atom. The third-order valence-corrected chi connectivity index (χ3v) is 3.53. The fourth-order valence-corrected chi connectivity index (χ4v) is 2.50. The van der Waals surface area contributed by atoms with Crippen molar-refractivity contribution in [3.8, 4) is 0 Å². The molecule has 0 aliphatic rings. The minimum absolute atomic E-state index is 0.210. The molecule has 0 amide bonds. The number of hydrogen-bond donors (Lipinski definition) is 1. The number of hydrogen-bond acceptors (Lipinski definition) is 4. The van der Waals surface area contributed by atoms with Gasteiger partial charge in [0.05, 0.1) is 5.52 Å². The quantitative estimate of drug-likeness (QED) is 0.571. The second-order valence-electron chi connectivity index (χ2n) is 4.85. The molecule has 0 fully saturated rings. The Balaban J connectivity index is 2.08. The summed E-state index contributed by atoms with van der Waals surface area (Å²) >= 11 is 0. The molecular formula is C16H10N4O2. The van der Waals surface area contributed by atoms with Gasteiger partial charge in [0.1, 0.15) is 5.52 Å². The fourth-order valence-electron chi connectivity index (χ4n) is 2.50. The maximum atomic E-state index is 12.7. The first-order chi connectivity index (χ1) is 10.8. The van der Waals surface area contributed by atoms with Crippen LogP contribution in [0.3, 0.4) is 0 Å². The van der Waals surface area contributed by atoms with Crippen molar-refractivity contribution < 1.29 is 4.79 Å². The van der Waals surface area contributed by atoms with E-state index < -0.39 is 5.69 Å². The van der Waals surface area contributed by atoms with Crippen LogP contribution in [0.2, 0.25) is 0 Å². The normalized spacial score (nSPS) is 11.1. The minimum atomic E-state index is -0.492. The third kappa shape index (κ3) is 1.74. The van der Waals surface area contributed by atoms with Gasteiger partial charge in [-0.25, -0.2) is 10.0 Å². The largest absolute Gasteiger partial charge is 0.368 e. The summed E-state index contributed by atoms with van der Waals surface area (Å²) in [5.74, 6) is -0.241. The molecular weight excluding hydrogens is 280 g/mol. The molecule has 1 N–H and O–H groups in total. The first-order valence-electron chi connectivity index (χ1n) is 6.71. The summed E-state index contributed by atoms with van der Waals surface area (Å²) in [5, 5.41) is 7.30. The highest BCUT2D eigenvalue weighted by Gasteiger charge is 2.19. The van der Waals surface area contributed by atoms with Gasteiger partial charge in [-0.3, -0.25) is 4.79 Å². The molecule has 0 unspecified atom stereocenters. The Labute approximate surface area is 124 Å². The molecule has 0 atom stereocenters. The van der Waals surface area contributed by atoms with E-state index in [9.17, 15) is 9.59 Å². The molecule has 0 aliphatic carbocycles. The average molecular weight is 290 g/mol. The highest BCUT2D eigenvalue weighted by molar-refractivity contribution is 6.15. The summed E-state index contributed by atoms with van der Waals surface area (Å²) in [6.45, 7) is 0. The molecule has 4 aromatic rings. The Hall–Kier alpha value is -3.28. The number of nitrogens with zero attached hydrogens (tertiary/aromatic N) is 3. The molecule has 2 aromatic heterocycles. The van der Waals surface area contributed by atoms with Crippen molar-refractivity contribution in [2.24, 2.45) is 0 Å². The Kier molecular flexibility index (Phi) is 2.62. The van der Waals surface area contributed by atoms with Crippen LogP contribution in [0, 0.1) is 0 Å². The molecule has 0 spiro atoms. The monoisotopic (exact) mass is 290 g/mol. The van der Waals surface area contributed by atoms with Crippen molar-refractivity contribution in [1.29, 1.82) is 0 Å². The molecule has 0 saturated heterocycles. The summed E-state index contributed by atoms with van der Waals surface area (Å²) in [7, 11) is 0. The van der Waals surface area contributed by atoms with Crippen LogP contribution >= 0.6 is 0 Å². The molecule has 6 heteroatoms. The molecule has 0 radical (unpaired) electrons. The molecule has 0 saturated carbocycles. The Bertz CT molecular complexity index is 1060. The Morgan fingerprint density at radius 3 is 2.55 bits per heavy atom. The number of para-hydroxylation sites is 1. The van der Waals surface area contributed by atoms with Crippen LogP contribution in [0.1, 0.15) is 16.1 Å².